The van der Waals surface area contributed by atoms with Crippen LogP contribution in [0.2, 0.25) is 0 Å². The van der Waals surface area contributed by atoms with Gasteiger partial charge in [-0.3, -0.25) is 4.90 Å². The van der Waals surface area contributed by atoms with Gasteiger partial charge in [0.25, 0.3) is 0 Å². The van der Waals surface area contributed by atoms with E-state index in [0.717, 1.165) is 26.2 Å². The van der Waals surface area contributed by atoms with E-state index < -0.39 is 0 Å². The highest BCUT2D eigenvalue weighted by Gasteiger charge is 2.25. The molecule has 0 saturated carbocycles. The first kappa shape index (κ1) is 12.6. The third kappa shape index (κ3) is 2.86. The summed E-state index contributed by atoms with van der Waals surface area (Å²) in [6.45, 7) is 9.12. The third-order valence-corrected chi connectivity index (χ3v) is 5.12. The number of hydrogen-bond acceptors (Lipinski definition) is 3. The molecule has 1 N–H and O–H groups in total. The molecule has 0 spiro atoms. The van der Waals surface area contributed by atoms with Crippen LogP contribution in [0.4, 0.5) is 0 Å². The second-order valence-corrected chi connectivity index (χ2v) is 6.53. The molecule has 1 unspecified atom stereocenters. The fourth-order valence-electron chi connectivity index (χ4n) is 2.24. The average molecular weight is 303 g/mol. The van der Waals surface area contributed by atoms with Crippen LogP contribution in [0.5, 0.6) is 0 Å². The predicted octanol–water partition coefficient (Wildman–Crippen LogP) is 2.94. The highest BCUT2D eigenvalue weighted by molar-refractivity contribution is 9.10. The van der Waals surface area contributed by atoms with Gasteiger partial charge in [0.05, 0.1) is 0 Å². The summed E-state index contributed by atoms with van der Waals surface area (Å²) in [6.07, 6.45) is 0. The molecule has 0 aromatic carbocycles. The predicted molar refractivity (Wildman–Crippen MR) is 73.9 cm³/mol. The molecule has 4 heteroatoms. The maximum Gasteiger partial charge on any atom is 0.0343 e. The van der Waals surface area contributed by atoms with Crippen molar-refractivity contribution >= 4 is 27.3 Å². The lowest BCUT2D eigenvalue weighted by Crippen LogP contribution is -2.52. The smallest absolute Gasteiger partial charge is 0.0343 e. The molecule has 0 aliphatic carbocycles. The van der Waals surface area contributed by atoms with Gasteiger partial charge < -0.3 is 5.32 Å². The lowest BCUT2D eigenvalue weighted by molar-refractivity contribution is 0.118. The van der Waals surface area contributed by atoms with Crippen molar-refractivity contribution in [2.24, 2.45) is 5.92 Å². The van der Waals surface area contributed by atoms with Crippen LogP contribution in [0.15, 0.2) is 15.9 Å². The van der Waals surface area contributed by atoms with Crippen LogP contribution in [0.1, 0.15) is 18.7 Å². The number of piperazine rings is 1. The van der Waals surface area contributed by atoms with E-state index in [-0.39, 0.29) is 0 Å². The largest absolute Gasteiger partial charge is 0.314 e. The normalized spacial score (nSPS) is 22.9. The Morgan fingerprint density at radius 3 is 3.06 bits per heavy atom. The highest BCUT2D eigenvalue weighted by Crippen LogP contribution is 2.26. The topological polar surface area (TPSA) is 15.3 Å². The van der Waals surface area contributed by atoms with Crippen LogP contribution >= 0.6 is 27.3 Å². The maximum absolute atomic E-state index is 3.62. The van der Waals surface area contributed by atoms with E-state index in [1.165, 1.54) is 9.35 Å². The van der Waals surface area contributed by atoms with Crippen LogP contribution in [-0.2, 0) is 6.54 Å². The van der Waals surface area contributed by atoms with Crippen molar-refractivity contribution in [1.82, 2.24) is 10.2 Å². The average Bonchev–Trinajstić information content (AvgIpc) is 2.65. The molecule has 1 aliphatic heterocycles. The van der Waals surface area contributed by atoms with Gasteiger partial charge in [-0.2, -0.15) is 0 Å². The van der Waals surface area contributed by atoms with E-state index in [2.05, 4.69) is 51.4 Å². The Labute approximate surface area is 110 Å². The second kappa shape index (κ2) is 5.63. The highest BCUT2D eigenvalue weighted by atomic mass is 79.9. The summed E-state index contributed by atoms with van der Waals surface area (Å²) in [5.41, 5.74) is 0. The summed E-state index contributed by atoms with van der Waals surface area (Å²) in [6, 6.07) is 2.81. The lowest BCUT2D eigenvalue weighted by atomic mass is 10.0. The molecule has 1 atom stereocenters. The molecule has 1 aromatic rings. The maximum atomic E-state index is 3.62. The van der Waals surface area contributed by atoms with Crippen molar-refractivity contribution in [3.8, 4) is 0 Å². The third-order valence-electron chi connectivity index (χ3n) is 3.21. The first-order valence-electron chi connectivity index (χ1n) is 5.85. The van der Waals surface area contributed by atoms with E-state index in [1.807, 2.05) is 11.3 Å². The van der Waals surface area contributed by atoms with Gasteiger partial charge in [0.15, 0.2) is 0 Å². The number of nitrogens with one attached hydrogen (secondary N) is 1. The Balaban J connectivity index is 2.04. The van der Waals surface area contributed by atoms with Crippen LogP contribution in [-0.4, -0.2) is 30.6 Å². The molecule has 0 bridgehead atoms. The van der Waals surface area contributed by atoms with Crippen molar-refractivity contribution in [2.45, 2.75) is 26.4 Å². The van der Waals surface area contributed by atoms with Crippen LogP contribution < -0.4 is 5.32 Å². The number of hydrogen-bond donors (Lipinski definition) is 1. The molecule has 90 valence electrons. The molecule has 16 heavy (non-hydrogen) atoms. The van der Waals surface area contributed by atoms with Crippen LogP contribution in [0.25, 0.3) is 0 Å². The van der Waals surface area contributed by atoms with Gasteiger partial charge >= 0.3 is 0 Å². The van der Waals surface area contributed by atoms with Crippen molar-refractivity contribution < 1.29 is 0 Å². The Bertz CT molecular complexity index is 338. The fraction of sp³-hybridized carbons (Fsp3) is 0.667. The molecule has 1 aromatic heterocycles. The SMILES string of the molecule is CC(C)C1CNCCN1Cc1sccc1Br. The zero-order valence-electron chi connectivity index (χ0n) is 9.87. The molecular weight excluding hydrogens is 284 g/mol. The van der Waals surface area contributed by atoms with E-state index >= 15 is 0 Å². The van der Waals surface area contributed by atoms with Gasteiger partial charge in [-0.15, -0.1) is 11.3 Å². The minimum Gasteiger partial charge on any atom is -0.314 e. The monoisotopic (exact) mass is 302 g/mol. The zero-order chi connectivity index (χ0) is 11.5. The van der Waals surface area contributed by atoms with Gasteiger partial charge in [-0.05, 0) is 33.3 Å². The van der Waals surface area contributed by atoms with Crippen LogP contribution in [0, 0.1) is 5.92 Å². The van der Waals surface area contributed by atoms with Crippen molar-refractivity contribution in [1.29, 1.82) is 0 Å². The van der Waals surface area contributed by atoms with Gasteiger partial charge in [0.1, 0.15) is 0 Å². The molecule has 2 nitrogen and oxygen atoms in total. The molecule has 0 radical (unpaired) electrons. The number of rotatable bonds is 3. The zero-order valence-corrected chi connectivity index (χ0v) is 12.3. The molecule has 2 rings (SSSR count). The van der Waals surface area contributed by atoms with Crippen molar-refractivity contribution in [3.05, 3.63) is 20.8 Å². The molecular formula is C12H19BrN2S. The second-order valence-electron chi connectivity index (χ2n) is 4.68. The van der Waals surface area contributed by atoms with E-state index in [0.29, 0.717) is 12.0 Å². The van der Waals surface area contributed by atoms with E-state index in [1.54, 1.807) is 0 Å². The van der Waals surface area contributed by atoms with Gasteiger partial charge in [-0.1, -0.05) is 13.8 Å². The number of nitrogens with zero attached hydrogens (tertiary/aromatic N) is 1. The Morgan fingerprint density at radius 1 is 1.62 bits per heavy atom. The first-order valence-corrected chi connectivity index (χ1v) is 7.52. The molecule has 1 aliphatic rings. The van der Waals surface area contributed by atoms with Gasteiger partial charge in [0.2, 0.25) is 0 Å². The summed E-state index contributed by atoms with van der Waals surface area (Å²) in [7, 11) is 0. The summed E-state index contributed by atoms with van der Waals surface area (Å²) in [4.78, 5) is 4.06. The summed E-state index contributed by atoms with van der Waals surface area (Å²) >= 11 is 5.47. The summed E-state index contributed by atoms with van der Waals surface area (Å²) in [5.74, 6) is 0.714. The van der Waals surface area contributed by atoms with E-state index in [9.17, 15) is 0 Å². The van der Waals surface area contributed by atoms with Gasteiger partial charge in [0, 0.05) is 41.6 Å². The standard InChI is InChI=1S/C12H19BrN2S/c1-9(2)11-7-14-4-5-15(11)8-12-10(13)3-6-16-12/h3,6,9,11,14H,4-5,7-8H2,1-2H3. The Kier molecular flexibility index (Phi) is 4.41. The number of halogens is 1. The van der Waals surface area contributed by atoms with Crippen molar-refractivity contribution in [2.75, 3.05) is 19.6 Å². The number of thiophene rings is 1. The molecule has 0 amide bonds. The quantitative estimate of drug-likeness (QED) is 0.923. The molecule has 2 heterocycles. The Morgan fingerprint density at radius 2 is 2.44 bits per heavy atom. The van der Waals surface area contributed by atoms with E-state index in [4.69, 9.17) is 0 Å². The summed E-state index contributed by atoms with van der Waals surface area (Å²) < 4.78 is 1.26. The van der Waals surface area contributed by atoms with Crippen LogP contribution in [0.3, 0.4) is 0 Å². The Hall–Kier alpha value is 0.100. The van der Waals surface area contributed by atoms with Crippen molar-refractivity contribution in [3.63, 3.8) is 0 Å². The minimum absolute atomic E-state index is 0.669. The molecule has 1 saturated heterocycles. The van der Waals surface area contributed by atoms with Gasteiger partial charge in [-0.25, -0.2) is 0 Å². The summed E-state index contributed by atoms with van der Waals surface area (Å²) in [5, 5.41) is 5.65. The molecule has 1 fully saturated rings. The lowest BCUT2D eigenvalue weighted by Gasteiger charge is -2.38. The fourth-order valence-corrected chi connectivity index (χ4v) is 3.75. The minimum atomic E-state index is 0.669. The first-order chi connectivity index (χ1) is 7.68.